The molecule has 0 saturated carbocycles. The molecule has 2 aliphatic rings. The van der Waals surface area contributed by atoms with E-state index < -0.39 is 35.8 Å². The molecule has 5 rings (SSSR count). The molecule has 1 aromatic heterocycles. The fourth-order valence-electron chi connectivity index (χ4n) is 5.96. The summed E-state index contributed by atoms with van der Waals surface area (Å²) in [6.45, 7) is 4.69. The minimum atomic E-state index is -4.75. The van der Waals surface area contributed by atoms with Crippen molar-refractivity contribution in [2.75, 3.05) is 45.2 Å². The first kappa shape index (κ1) is 30.3. The number of halogens is 4. The number of anilines is 1. The van der Waals surface area contributed by atoms with Crippen LogP contribution in [0, 0.1) is 11.2 Å². The van der Waals surface area contributed by atoms with Crippen LogP contribution in [0.3, 0.4) is 0 Å². The smallest absolute Gasteiger partial charge is 0.416 e. The molecule has 2 N–H and O–H groups in total. The molecule has 12 heteroatoms. The molecule has 43 heavy (non-hydrogen) atoms. The first-order chi connectivity index (χ1) is 20.4. The number of pyridine rings is 1. The van der Waals surface area contributed by atoms with Gasteiger partial charge in [0.1, 0.15) is 11.6 Å². The lowest BCUT2D eigenvalue weighted by molar-refractivity contribution is -0.137. The number of rotatable bonds is 7. The monoisotopic (exact) mass is 600 g/mol. The van der Waals surface area contributed by atoms with E-state index in [1.165, 1.54) is 30.5 Å². The van der Waals surface area contributed by atoms with Gasteiger partial charge >= 0.3 is 6.18 Å². The number of carbonyl (C=O) groups excluding carboxylic acids is 2. The van der Waals surface area contributed by atoms with Crippen molar-refractivity contribution in [2.45, 2.75) is 32.4 Å². The number of hydrogen-bond acceptors (Lipinski definition) is 5. The van der Waals surface area contributed by atoms with Crippen LogP contribution in [0.1, 0.15) is 41.3 Å². The number of alkyl halides is 3. The second-order valence-electron chi connectivity index (χ2n) is 11.3. The van der Waals surface area contributed by atoms with E-state index in [1.54, 1.807) is 17.9 Å². The van der Waals surface area contributed by atoms with Gasteiger partial charge in [-0.3, -0.25) is 14.4 Å². The highest BCUT2D eigenvalue weighted by molar-refractivity contribution is 5.98. The van der Waals surface area contributed by atoms with Crippen LogP contribution in [-0.2, 0) is 17.4 Å². The summed E-state index contributed by atoms with van der Waals surface area (Å²) in [4.78, 5) is 44.1. The largest absolute Gasteiger partial charge is 0.493 e. The van der Waals surface area contributed by atoms with Crippen molar-refractivity contribution >= 4 is 17.5 Å². The molecule has 3 heterocycles. The lowest BCUT2D eigenvalue weighted by atomic mass is 9.86. The van der Waals surface area contributed by atoms with Crippen LogP contribution in [0.5, 0.6) is 5.75 Å². The van der Waals surface area contributed by atoms with Crippen LogP contribution in [0.2, 0.25) is 0 Å². The van der Waals surface area contributed by atoms with Gasteiger partial charge in [0.15, 0.2) is 0 Å². The Morgan fingerprint density at radius 1 is 1.07 bits per heavy atom. The summed E-state index contributed by atoms with van der Waals surface area (Å²) < 4.78 is 61.8. The van der Waals surface area contributed by atoms with Crippen molar-refractivity contribution in [1.82, 2.24) is 14.8 Å². The number of ether oxygens (including phenoxy) is 1. The standard InChI is InChI=1S/C31H32F4N4O4/c1-3-43-26-15-27(40)36-16-24(26)19-4-5-20(25(32)12-19)13-28(41)37-23-11-21(10-22(14-23)31(33,34)35)29(42)39-9-7-30(18-39)6-8-38(2)17-30/h4-5,10-12,14-16H,3,6-9,13,17-18H2,1-2H3,(H,36,40)(H,37,41). The van der Waals surface area contributed by atoms with Crippen LogP contribution in [-0.4, -0.2) is 66.4 Å². The number of carbonyl (C=O) groups is 2. The zero-order valence-corrected chi connectivity index (χ0v) is 23.8. The summed E-state index contributed by atoms with van der Waals surface area (Å²) in [7, 11) is 2.01. The summed E-state index contributed by atoms with van der Waals surface area (Å²) in [6.07, 6.45) is -2.11. The molecule has 2 fully saturated rings. The van der Waals surface area contributed by atoms with Crippen molar-refractivity contribution in [1.29, 1.82) is 0 Å². The molecule has 0 aliphatic carbocycles. The van der Waals surface area contributed by atoms with Gasteiger partial charge in [0.25, 0.3) is 11.5 Å². The Labute approximate surface area is 245 Å². The third-order valence-corrected chi connectivity index (χ3v) is 8.05. The van der Waals surface area contributed by atoms with E-state index >= 15 is 4.39 Å². The zero-order chi connectivity index (χ0) is 30.9. The SMILES string of the molecule is CCOc1cc(=O)[nH]cc1-c1ccc(CC(=O)Nc2cc(C(=O)N3CCC4(CCN(C)C4)C3)cc(C(F)(F)F)c2)c(F)c1. The van der Waals surface area contributed by atoms with Crippen LogP contribution < -0.4 is 15.6 Å². The molecule has 1 atom stereocenters. The molecule has 3 aromatic rings. The number of benzene rings is 2. The Bertz CT molecular complexity index is 1610. The number of likely N-dealkylation sites (tertiary alicyclic amines) is 2. The molecule has 2 saturated heterocycles. The Hall–Kier alpha value is -4.19. The summed E-state index contributed by atoms with van der Waals surface area (Å²) in [5.74, 6) is -1.73. The molecule has 228 valence electrons. The Balaban J connectivity index is 1.33. The highest BCUT2D eigenvalue weighted by Gasteiger charge is 2.44. The number of nitrogens with one attached hydrogen (secondary N) is 2. The summed E-state index contributed by atoms with van der Waals surface area (Å²) in [6, 6.07) is 8.16. The Morgan fingerprint density at radius 3 is 2.51 bits per heavy atom. The number of nitrogens with zero attached hydrogens (tertiary/aromatic N) is 2. The van der Waals surface area contributed by atoms with E-state index in [0.29, 0.717) is 24.2 Å². The van der Waals surface area contributed by atoms with Crippen LogP contribution in [0.4, 0.5) is 23.2 Å². The first-order valence-corrected chi connectivity index (χ1v) is 14.0. The first-order valence-electron chi connectivity index (χ1n) is 14.0. The van der Waals surface area contributed by atoms with E-state index in [0.717, 1.165) is 38.1 Å². The molecule has 0 radical (unpaired) electrons. The van der Waals surface area contributed by atoms with E-state index in [2.05, 4.69) is 15.2 Å². The second-order valence-corrected chi connectivity index (χ2v) is 11.3. The fourth-order valence-corrected chi connectivity index (χ4v) is 5.96. The van der Waals surface area contributed by atoms with Crippen molar-refractivity contribution in [3.63, 3.8) is 0 Å². The van der Waals surface area contributed by atoms with Crippen molar-refractivity contribution in [3.05, 3.63) is 81.5 Å². The molecular weight excluding hydrogens is 568 g/mol. The van der Waals surface area contributed by atoms with Gasteiger partial charge in [0, 0.05) is 54.1 Å². The minimum Gasteiger partial charge on any atom is -0.493 e. The number of aromatic nitrogens is 1. The summed E-state index contributed by atoms with van der Waals surface area (Å²) in [5, 5.41) is 2.41. The number of H-pyrrole nitrogens is 1. The van der Waals surface area contributed by atoms with Crippen molar-refractivity contribution < 1.29 is 31.9 Å². The molecule has 8 nitrogen and oxygen atoms in total. The minimum absolute atomic E-state index is 0.0100. The number of amides is 2. The van der Waals surface area contributed by atoms with Crippen molar-refractivity contribution in [2.24, 2.45) is 5.41 Å². The van der Waals surface area contributed by atoms with Gasteiger partial charge in [-0.15, -0.1) is 0 Å². The topological polar surface area (TPSA) is 94.7 Å². The highest BCUT2D eigenvalue weighted by atomic mass is 19.4. The zero-order valence-electron chi connectivity index (χ0n) is 23.8. The van der Waals surface area contributed by atoms with E-state index in [4.69, 9.17) is 4.74 Å². The summed E-state index contributed by atoms with van der Waals surface area (Å²) in [5.41, 5.74) is -1.02. The van der Waals surface area contributed by atoms with E-state index in [-0.39, 0.29) is 40.1 Å². The maximum Gasteiger partial charge on any atom is 0.416 e. The van der Waals surface area contributed by atoms with Gasteiger partial charge in [0.05, 0.1) is 18.6 Å². The van der Waals surface area contributed by atoms with Gasteiger partial charge in [-0.05, 0) is 68.8 Å². The fraction of sp³-hybridized carbons (Fsp3) is 0.387. The number of aromatic amines is 1. The van der Waals surface area contributed by atoms with Crippen molar-refractivity contribution in [3.8, 4) is 16.9 Å². The average molecular weight is 601 g/mol. The third-order valence-electron chi connectivity index (χ3n) is 8.05. The van der Waals surface area contributed by atoms with E-state index in [1.807, 2.05) is 7.05 Å². The molecule has 1 spiro atoms. The Morgan fingerprint density at radius 2 is 1.84 bits per heavy atom. The average Bonchev–Trinajstić information content (AvgIpc) is 3.53. The van der Waals surface area contributed by atoms with Gasteiger partial charge in [0.2, 0.25) is 5.91 Å². The third kappa shape index (κ3) is 6.74. The van der Waals surface area contributed by atoms with Crippen LogP contribution in [0.15, 0.2) is 53.5 Å². The second kappa shape index (κ2) is 11.8. The molecule has 2 aliphatic heterocycles. The highest BCUT2D eigenvalue weighted by Crippen LogP contribution is 2.40. The van der Waals surface area contributed by atoms with Gasteiger partial charge in [-0.1, -0.05) is 12.1 Å². The quantitative estimate of drug-likeness (QED) is 0.375. The summed E-state index contributed by atoms with van der Waals surface area (Å²) >= 11 is 0. The van der Waals surface area contributed by atoms with Crippen LogP contribution >= 0.6 is 0 Å². The molecular formula is C31H32F4N4O4. The maximum absolute atomic E-state index is 15.0. The Kier molecular flexibility index (Phi) is 8.33. The lowest BCUT2D eigenvalue weighted by Gasteiger charge is -2.24. The molecule has 2 amide bonds. The number of hydrogen-bond donors (Lipinski definition) is 2. The molecule has 0 bridgehead atoms. The van der Waals surface area contributed by atoms with Gasteiger partial charge in [-0.2, -0.15) is 13.2 Å². The van der Waals surface area contributed by atoms with Gasteiger partial charge < -0.3 is 24.8 Å². The lowest BCUT2D eigenvalue weighted by Crippen LogP contribution is -2.33. The molecule has 2 aromatic carbocycles. The normalized spacial score (nSPS) is 18.8. The predicted molar refractivity (Wildman–Crippen MR) is 152 cm³/mol. The molecule has 1 unspecified atom stereocenters. The van der Waals surface area contributed by atoms with Crippen LogP contribution in [0.25, 0.3) is 11.1 Å². The maximum atomic E-state index is 15.0. The predicted octanol–water partition coefficient (Wildman–Crippen LogP) is 4.95. The van der Waals surface area contributed by atoms with Gasteiger partial charge in [-0.25, -0.2) is 4.39 Å². The van der Waals surface area contributed by atoms with E-state index in [9.17, 15) is 27.6 Å².